The van der Waals surface area contributed by atoms with E-state index in [4.69, 9.17) is 4.74 Å². The molecule has 0 bridgehead atoms. The van der Waals surface area contributed by atoms with E-state index in [0.29, 0.717) is 5.75 Å². The summed E-state index contributed by atoms with van der Waals surface area (Å²) in [4.78, 5) is 0.112. The number of sulfonamides is 1. The van der Waals surface area contributed by atoms with E-state index in [1.165, 1.54) is 24.3 Å². The maximum absolute atomic E-state index is 12.2. The van der Waals surface area contributed by atoms with E-state index < -0.39 is 10.0 Å². The van der Waals surface area contributed by atoms with Gasteiger partial charge in [0.15, 0.2) is 0 Å². The molecule has 5 nitrogen and oxygen atoms in total. The van der Waals surface area contributed by atoms with Crippen molar-refractivity contribution >= 4 is 10.0 Å². The number of benzene rings is 2. The predicted octanol–water partition coefficient (Wildman–Crippen LogP) is 2.44. The monoisotopic (exact) mass is 307 g/mol. The molecule has 2 rings (SSSR count). The van der Waals surface area contributed by atoms with Gasteiger partial charge in [-0.05, 0) is 48.9 Å². The molecule has 0 aliphatic heterocycles. The third-order valence-electron chi connectivity index (χ3n) is 3.09. The van der Waals surface area contributed by atoms with Crippen molar-refractivity contribution in [2.45, 2.75) is 17.9 Å². The summed E-state index contributed by atoms with van der Waals surface area (Å²) in [5.41, 5.74) is 0.832. The Morgan fingerprint density at radius 2 is 1.62 bits per heavy atom. The molecule has 0 aromatic heterocycles. The number of hydrogen-bond donors (Lipinski definition) is 2. The molecule has 0 spiro atoms. The van der Waals surface area contributed by atoms with E-state index in [1.807, 2.05) is 12.1 Å². The number of ether oxygens (including phenoxy) is 1. The van der Waals surface area contributed by atoms with Gasteiger partial charge in [0, 0.05) is 6.04 Å². The first kappa shape index (κ1) is 15.3. The van der Waals surface area contributed by atoms with Crippen LogP contribution in [0.5, 0.6) is 11.5 Å². The van der Waals surface area contributed by atoms with Gasteiger partial charge in [0.25, 0.3) is 0 Å². The average molecular weight is 307 g/mol. The molecule has 0 unspecified atom stereocenters. The van der Waals surface area contributed by atoms with Crippen LogP contribution in [0.25, 0.3) is 0 Å². The summed E-state index contributed by atoms with van der Waals surface area (Å²) in [6.45, 7) is 1.76. The summed E-state index contributed by atoms with van der Waals surface area (Å²) in [6, 6.07) is 12.2. The number of rotatable bonds is 5. The quantitative estimate of drug-likeness (QED) is 0.889. The van der Waals surface area contributed by atoms with Crippen molar-refractivity contribution in [3.8, 4) is 11.5 Å². The maximum atomic E-state index is 12.2. The lowest BCUT2D eigenvalue weighted by atomic mass is 10.1. The summed E-state index contributed by atoms with van der Waals surface area (Å²) in [6.07, 6.45) is 0. The van der Waals surface area contributed by atoms with Gasteiger partial charge in [-0.3, -0.25) is 0 Å². The maximum Gasteiger partial charge on any atom is 0.241 e. The van der Waals surface area contributed by atoms with E-state index in [0.717, 1.165) is 5.56 Å². The number of hydrogen-bond acceptors (Lipinski definition) is 4. The molecule has 112 valence electrons. The van der Waals surface area contributed by atoms with Crippen molar-refractivity contribution in [3.63, 3.8) is 0 Å². The lowest BCUT2D eigenvalue weighted by molar-refractivity contribution is 0.414. The van der Waals surface area contributed by atoms with Gasteiger partial charge >= 0.3 is 0 Å². The molecule has 0 heterocycles. The molecule has 0 aliphatic carbocycles. The van der Waals surface area contributed by atoms with Crippen LogP contribution in [0.4, 0.5) is 0 Å². The lowest BCUT2D eigenvalue weighted by Gasteiger charge is -2.15. The fraction of sp³-hybridized carbons (Fsp3) is 0.200. The van der Waals surface area contributed by atoms with Gasteiger partial charge in [0.2, 0.25) is 10.0 Å². The normalized spacial score (nSPS) is 12.9. The highest BCUT2D eigenvalue weighted by Crippen LogP contribution is 2.20. The Morgan fingerprint density at radius 3 is 2.14 bits per heavy atom. The molecule has 2 aromatic rings. The van der Waals surface area contributed by atoms with Gasteiger partial charge in [-0.1, -0.05) is 12.1 Å². The SMILES string of the molecule is COc1ccc([C@@H](C)NS(=O)(=O)c2ccc(O)cc2)cc1. The smallest absolute Gasteiger partial charge is 0.241 e. The molecule has 0 saturated carbocycles. The summed E-state index contributed by atoms with van der Waals surface area (Å²) in [5.74, 6) is 0.740. The molecule has 0 saturated heterocycles. The van der Waals surface area contributed by atoms with E-state index in [2.05, 4.69) is 4.72 Å². The fourth-order valence-corrected chi connectivity index (χ4v) is 3.12. The molecule has 0 fully saturated rings. The Balaban J connectivity index is 2.17. The van der Waals surface area contributed by atoms with Crippen LogP contribution in [-0.2, 0) is 10.0 Å². The first-order valence-electron chi connectivity index (χ1n) is 6.37. The van der Waals surface area contributed by atoms with Gasteiger partial charge in [-0.25, -0.2) is 13.1 Å². The van der Waals surface area contributed by atoms with Crippen LogP contribution in [0.2, 0.25) is 0 Å². The highest BCUT2D eigenvalue weighted by Gasteiger charge is 2.18. The zero-order valence-corrected chi connectivity index (χ0v) is 12.6. The molecule has 2 N–H and O–H groups in total. The largest absolute Gasteiger partial charge is 0.508 e. The molecule has 0 aliphatic rings. The Kier molecular flexibility index (Phi) is 4.50. The van der Waals surface area contributed by atoms with Gasteiger partial charge in [0.05, 0.1) is 12.0 Å². The number of phenols is 1. The average Bonchev–Trinajstić information content (AvgIpc) is 2.47. The summed E-state index contributed by atoms with van der Waals surface area (Å²) < 4.78 is 32.1. The van der Waals surface area contributed by atoms with Gasteiger partial charge < -0.3 is 9.84 Å². The highest BCUT2D eigenvalue weighted by molar-refractivity contribution is 7.89. The fourth-order valence-electron chi connectivity index (χ4n) is 1.89. The second kappa shape index (κ2) is 6.15. The first-order chi connectivity index (χ1) is 9.92. The predicted molar refractivity (Wildman–Crippen MR) is 79.8 cm³/mol. The molecule has 1 atom stereocenters. The van der Waals surface area contributed by atoms with Gasteiger partial charge in [0.1, 0.15) is 11.5 Å². The van der Waals surface area contributed by atoms with Crippen molar-refractivity contribution in [1.29, 1.82) is 0 Å². The van der Waals surface area contributed by atoms with E-state index >= 15 is 0 Å². The topological polar surface area (TPSA) is 75.6 Å². The molecule has 0 amide bonds. The van der Waals surface area contributed by atoms with Crippen molar-refractivity contribution in [1.82, 2.24) is 4.72 Å². The third kappa shape index (κ3) is 3.74. The van der Waals surface area contributed by atoms with Crippen molar-refractivity contribution in [2.75, 3.05) is 7.11 Å². The van der Waals surface area contributed by atoms with Crippen LogP contribution >= 0.6 is 0 Å². The lowest BCUT2D eigenvalue weighted by Crippen LogP contribution is -2.26. The molecular weight excluding hydrogens is 290 g/mol. The molecular formula is C15H17NO4S. The van der Waals surface area contributed by atoms with E-state index in [-0.39, 0.29) is 16.7 Å². The van der Waals surface area contributed by atoms with Crippen molar-refractivity contribution < 1.29 is 18.3 Å². The van der Waals surface area contributed by atoms with E-state index in [1.54, 1.807) is 26.2 Å². The summed E-state index contributed by atoms with van der Waals surface area (Å²) >= 11 is 0. The van der Waals surface area contributed by atoms with Crippen LogP contribution < -0.4 is 9.46 Å². The highest BCUT2D eigenvalue weighted by atomic mass is 32.2. The summed E-state index contributed by atoms with van der Waals surface area (Å²) in [7, 11) is -2.06. The number of phenolic OH excluding ortho intramolecular Hbond substituents is 1. The minimum absolute atomic E-state index is 0.0251. The van der Waals surface area contributed by atoms with Crippen LogP contribution in [0, 0.1) is 0 Å². The van der Waals surface area contributed by atoms with Gasteiger partial charge in [-0.15, -0.1) is 0 Å². The Bertz CT molecular complexity index is 693. The van der Waals surface area contributed by atoms with Crippen LogP contribution in [0.15, 0.2) is 53.4 Å². The molecule has 6 heteroatoms. The number of nitrogens with one attached hydrogen (secondary N) is 1. The number of aromatic hydroxyl groups is 1. The van der Waals surface area contributed by atoms with Crippen LogP contribution in [0.1, 0.15) is 18.5 Å². The molecule has 0 radical (unpaired) electrons. The van der Waals surface area contributed by atoms with Crippen molar-refractivity contribution in [3.05, 3.63) is 54.1 Å². The second-order valence-electron chi connectivity index (χ2n) is 4.61. The standard InChI is InChI=1S/C15H17NO4S/c1-11(12-3-7-14(20-2)8-4-12)16-21(18,19)15-9-5-13(17)6-10-15/h3-11,16-17H,1-2H3/t11-/m1/s1. The Morgan fingerprint density at radius 1 is 1.05 bits per heavy atom. The first-order valence-corrected chi connectivity index (χ1v) is 7.86. The van der Waals surface area contributed by atoms with Gasteiger partial charge in [-0.2, -0.15) is 0 Å². The van der Waals surface area contributed by atoms with Crippen LogP contribution in [-0.4, -0.2) is 20.6 Å². The minimum Gasteiger partial charge on any atom is -0.508 e. The zero-order chi connectivity index (χ0) is 15.5. The Hall–Kier alpha value is -2.05. The Labute approximate surface area is 124 Å². The zero-order valence-electron chi connectivity index (χ0n) is 11.8. The molecule has 21 heavy (non-hydrogen) atoms. The minimum atomic E-state index is -3.63. The third-order valence-corrected chi connectivity index (χ3v) is 4.65. The van der Waals surface area contributed by atoms with E-state index in [9.17, 15) is 13.5 Å². The number of methoxy groups -OCH3 is 1. The second-order valence-corrected chi connectivity index (χ2v) is 6.32. The summed E-state index contributed by atoms with van der Waals surface area (Å²) in [5, 5.41) is 9.20. The van der Waals surface area contributed by atoms with Crippen molar-refractivity contribution in [2.24, 2.45) is 0 Å². The molecule has 2 aromatic carbocycles. The van der Waals surface area contributed by atoms with Crippen LogP contribution in [0.3, 0.4) is 0 Å².